The van der Waals surface area contributed by atoms with E-state index in [-0.39, 0.29) is 10.9 Å². The maximum absolute atomic E-state index is 12.6. The molecule has 2 aromatic heterocycles. The molecule has 0 aliphatic heterocycles. The minimum absolute atomic E-state index is 0.231. The number of carbonyl (C=O) groups is 1. The van der Waals surface area contributed by atoms with Gasteiger partial charge in [-0.15, -0.1) is 0 Å². The summed E-state index contributed by atoms with van der Waals surface area (Å²) in [5.74, 6) is -1.29. The van der Waals surface area contributed by atoms with Gasteiger partial charge in [0, 0.05) is 17.3 Å². The van der Waals surface area contributed by atoms with Gasteiger partial charge in [0.1, 0.15) is 16.6 Å². The van der Waals surface area contributed by atoms with Crippen molar-refractivity contribution in [2.24, 2.45) is 0 Å². The molecule has 144 valence electrons. The van der Waals surface area contributed by atoms with Gasteiger partial charge in [-0.25, -0.2) is 9.78 Å². The molecule has 0 spiro atoms. The van der Waals surface area contributed by atoms with Crippen molar-refractivity contribution in [3.8, 4) is 22.5 Å². The zero-order chi connectivity index (χ0) is 20.7. The number of rotatable bonds is 3. The van der Waals surface area contributed by atoms with Crippen molar-refractivity contribution < 1.29 is 9.90 Å². The van der Waals surface area contributed by atoms with Crippen molar-refractivity contribution >= 4 is 27.9 Å². The third-order valence-corrected chi connectivity index (χ3v) is 5.02. The van der Waals surface area contributed by atoms with Crippen molar-refractivity contribution in [3.63, 3.8) is 0 Å². The van der Waals surface area contributed by atoms with E-state index in [4.69, 9.17) is 4.98 Å². The predicted octanol–water partition coefficient (Wildman–Crippen LogP) is 4.50. The van der Waals surface area contributed by atoms with Gasteiger partial charge in [0.25, 0.3) is 0 Å². The second kappa shape index (κ2) is 6.93. The van der Waals surface area contributed by atoms with Crippen LogP contribution in [0.3, 0.4) is 0 Å². The fraction of sp³-hybridized carbons (Fsp3) is 0. The SMILES string of the molecule is O=C(O)c1cnc2c(ccc3[nH]c(-c4ccccc4)c(-c4ccccc4)nc32)c1=O. The lowest BCUT2D eigenvalue weighted by molar-refractivity contribution is 0.0695. The van der Waals surface area contributed by atoms with Crippen LogP contribution in [0.1, 0.15) is 10.4 Å². The molecular formula is C24H15N3O3. The first-order valence-corrected chi connectivity index (χ1v) is 9.33. The van der Waals surface area contributed by atoms with E-state index >= 15 is 0 Å². The third-order valence-electron chi connectivity index (χ3n) is 5.02. The van der Waals surface area contributed by atoms with Crippen molar-refractivity contribution in [1.29, 1.82) is 0 Å². The number of aromatic amines is 1. The summed E-state index contributed by atoms with van der Waals surface area (Å²) in [4.78, 5) is 36.5. The molecule has 5 aromatic rings. The van der Waals surface area contributed by atoms with Crippen LogP contribution in [0.4, 0.5) is 0 Å². The number of pyridine rings is 1. The second-order valence-corrected chi connectivity index (χ2v) is 6.86. The Bertz CT molecular complexity index is 1480. The predicted molar refractivity (Wildman–Crippen MR) is 115 cm³/mol. The van der Waals surface area contributed by atoms with E-state index < -0.39 is 11.4 Å². The van der Waals surface area contributed by atoms with Gasteiger partial charge in [-0.1, -0.05) is 60.7 Å². The fourth-order valence-corrected chi connectivity index (χ4v) is 3.57. The second-order valence-electron chi connectivity index (χ2n) is 6.86. The molecule has 0 unspecified atom stereocenters. The number of nitrogens with one attached hydrogen (secondary N) is 1. The van der Waals surface area contributed by atoms with E-state index in [1.807, 2.05) is 60.7 Å². The summed E-state index contributed by atoms with van der Waals surface area (Å²) in [5, 5.41) is 9.46. The molecule has 0 saturated carbocycles. The van der Waals surface area contributed by atoms with E-state index in [0.29, 0.717) is 16.6 Å². The highest BCUT2D eigenvalue weighted by molar-refractivity contribution is 6.04. The standard InChI is InChI=1S/C24H15N3O3/c28-23-16-11-12-18-22(21(16)25-13-17(23)24(29)30)27-20(15-9-5-2-6-10-15)19(26-18)14-7-3-1-4-8-14/h1-13,26H,(H,29,30). The number of H-pyrrole nitrogens is 1. The van der Waals surface area contributed by atoms with Crippen molar-refractivity contribution in [3.05, 3.63) is 94.8 Å². The number of fused-ring (bicyclic) bond motifs is 3. The van der Waals surface area contributed by atoms with E-state index in [9.17, 15) is 14.7 Å². The summed E-state index contributed by atoms with van der Waals surface area (Å²) >= 11 is 0. The first-order chi connectivity index (χ1) is 14.6. The van der Waals surface area contributed by atoms with Crippen LogP contribution in [0, 0.1) is 0 Å². The molecular weight excluding hydrogens is 378 g/mol. The van der Waals surface area contributed by atoms with Gasteiger partial charge in [0.15, 0.2) is 0 Å². The van der Waals surface area contributed by atoms with Crippen molar-refractivity contribution in [2.45, 2.75) is 0 Å². The van der Waals surface area contributed by atoms with Crippen LogP contribution in [0.15, 0.2) is 83.8 Å². The van der Waals surface area contributed by atoms with Gasteiger partial charge in [-0.2, -0.15) is 0 Å². The Balaban J connectivity index is 1.88. The van der Waals surface area contributed by atoms with Crippen LogP contribution >= 0.6 is 0 Å². The van der Waals surface area contributed by atoms with Gasteiger partial charge in [-0.05, 0) is 12.1 Å². The Morgan fingerprint density at radius 3 is 2.17 bits per heavy atom. The highest BCUT2D eigenvalue weighted by Crippen LogP contribution is 2.32. The number of nitrogens with zero attached hydrogens (tertiary/aromatic N) is 2. The van der Waals surface area contributed by atoms with Crippen LogP contribution in [-0.4, -0.2) is 26.0 Å². The van der Waals surface area contributed by atoms with E-state index in [1.165, 1.54) is 0 Å². The molecule has 5 rings (SSSR count). The number of carboxylic acids is 1. The average molecular weight is 393 g/mol. The molecule has 0 fully saturated rings. The molecule has 2 heterocycles. The number of benzene rings is 3. The fourth-order valence-electron chi connectivity index (χ4n) is 3.57. The molecule has 0 aliphatic rings. The largest absolute Gasteiger partial charge is 0.477 e. The molecule has 6 nitrogen and oxygen atoms in total. The zero-order valence-electron chi connectivity index (χ0n) is 15.7. The van der Waals surface area contributed by atoms with Gasteiger partial charge in [0.2, 0.25) is 5.43 Å². The lowest BCUT2D eigenvalue weighted by Gasteiger charge is -2.13. The van der Waals surface area contributed by atoms with Crippen molar-refractivity contribution in [1.82, 2.24) is 15.0 Å². The topological polar surface area (TPSA) is 95.9 Å². The minimum atomic E-state index is -1.29. The summed E-state index contributed by atoms with van der Waals surface area (Å²) in [7, 11) is 0. The molecule has 0 radical (unpaired) electrons. The Morgan fingerprint density at radius 1 is 0.833 bits per heavy atom. The van der Waals surface area contributed by atoms with Crippen LogP contribution in [0.5, 0.6) is 0 Å². The lowest BCUT2D eigenvalue weighted by atomic mass is 10.0. The number of hydrogen-bond acceptors (Lipinski definition) is 4. The summed E-state index contributed by atoms with van der Waals surface area (Å²) in [6.45, 7) is 0. The third kappa shape index (κ3) is 2.82. The van der Waals surface area contributed by atoms with Crippen LogP contribution in [-0.2, 0) is 0 Å². The number of aromatic carboxylic acids is 1. The quantitative estimate of drug-likeness (QED) is 0.440. The van der Waals surface area contributed by atoms with Gasteiger partial charge in [-0.3, -0.25) is 9.78 Å². The zero-order valence-corrected chi connectivity index (χ0v) is 15.7. The Morgan fingerprint density at radius 2 is 1.50 bits per heavy atom. The normalized spacial score (nSPS) is 11.1. The molecule has 30 heavy (non-hydrogen) atoms. The van der Waals surface area contributed by atoms with Crippen LogP contribution in [0.2, 0.25) is 0 Å². The minimum Gasteiger partial charge on any atom is -0.477 e. The Hall–Kier alpha value is -4.32. The summed E-state index contributed by atoms with van der Waals surface area (Å²) < 4.78 is 0. The molecule has 6 heteroatoms. The molecule has 2 N–H and O–H groups in total. The van der Waals surface area contributed by atoms with Crippen molar-refractivity contribution in [2.75, 3.05) is 0 Å². The summed E-state index contributed by atoms with van der Waals surface area (Å²) in [6.07, 6.45) is 1.10. The number of hydrogen-bond donors (Lipinski definition) is 2. The highest BCUT2D eigenvalue weighted by Gasteiger charge is 2.17. The summed E-state index contributed by atoms with van der Waals surface area (Å²) in [6, 6.07) is 22.9. The molecule has 0 saturated heterocycles. The van der Waals surface area contributed by atoms with Gasteiger partial charge >= 0.3 is 5.97 Å². The molecule has 0 atom stereocenters. The van der Waals surface area contributed by atoms with E-state index in [2.05, 4.69) is 9.97 Å². The highest BCUT2D eigenvalue weighted by atomic mass is 16.4. The number of carboxylic acid groups (broad SMARTS) is 1. The lowest BCUT2D eigenvalue weighted by Crippen LogP contribution is -2.15. The van der Waals surface area contributed by atoms with E-state index in [0.717, 1.165) is 28.7 Å². The molecule has 3 aromatic carbocycles. The smallest absolute Gasteiger partial charge is 0.341 e. The maximum atomic E-state index is 12.6. The average Bonchev–Trinajstić information content (AvgIpc) is 2.79. The monoisotopic (exact) mass is 393 g/mol. The summed E-state index contributed by atoms with van der Waals surface area (Å²) in [5.41, 5.74) is 4.13. The maximum Gasteiger partial charge on any atom is 0.341 e. The van der Waals surface area contributed by atoms with Crippen LogP contribution in [0.25, 0.3) is 44.5 Å². The molecule has 0 aliphatic carbocycles. The van der Waals surface area contributed by atoms with Gasteiger partial charge in [0.05, 0.1) is 22.3 Å². The number of aromatic nitrogens is 3. The van der Waals surface area contributed by atoms with Gasteiger partial charge < -0.3 is 10.1 Å². The molecule has 0 amide bonds. The molecule has 0 bridgehead atoms. The van der Waals surface area contributed by atoms with E-state index in [1.54, 1.807) is 12.1 Å². The van der Waals surface area contributed by atoms with Crippen LogP contribution < -0.4 is 5.43 Å². The Labute approximate surface area is 170 Å². The first-order valence-electron chi connectivity index (χ1n) is 9.33. The Kier molecular flexibility index (Phi) is 4.10. The first kappa shape index (κ1) is 17.8.